The molecule has 1 fully saturated rings. The number of nitrogens with zero attached hydrogens (tertiary/aromatic N) is 1. The highest BCUT2D eigenvalue weighted by atomic mass is 127. The fraction of sp³-hybridized carbons (Fsp3) is 0.562. The molecule has 0 amide bonds. The summed E-state index contributed by atoms with van der Waals surface area (Å²) in [5.74, 6) is 2.00. The molecule has 0 atom stereocenters. The third-order valence-electron chi connectivity index (χ3n) is 4.26. The molecule has 0 spiro atoms. The SMILES string of the molecule is CSC1(CN=C(N)Nc2ccc3c(c2)OCCCO3)CCC1.I. The maximum atomic E-state index is 6.01. The van der Waals surface area contributed by atoms with Crippen molar-refractivity contribution in [3.63, 3.8) is 0 Å². The van der Waals surface area contributed by atoms with E-state index in [2.05, 4.69) is 16.6 Å². The number of anilines is 1. The second kappa shape index (κ2) is 8.32. The molecule has 0 saturated heterocycles. The van der Waals surface area contributed by atoms with Crippen LogP contribution in [-0.2, 0) is 0 Å². The lowest BCUT2D eigenvalue weighted by molar-refractivity contribution is 0.297. The van der Waals surface area contributed by atoms with E-state index in [1.54, 1.807) is 0 Å². The molecular weight excluding hydrogens is 425 g/mol. The summed E-state index contributed by atoms with van der Waals surface area (Å²) < 4.78 is 11.6. The first-order valence-corrected chi connectivity index (χ1v) is 8.95. The summed E-state index contributed by atoms with van der Waals surface area (Å²) in [4.78, 5) is 4.51. The molecule has 128 valence electrons. The highest BCUT2D eigenvalue weighted by molar-refractivity contribution is 14.0. The van der Waals surface area contributed by atoms with Crippen molar-refractivity contribution in [3.8, 4) is 11.5 Å². The molecule has 1 aromatic carbocycles. The molecule has 0 radical (unpaired) electrons. The van der Waals surface area contributed by atoms with E-state index in [1.165, 1.54) is 19.3 Å². The number of thioether (sulfide) groups is 1. The standard InChI is InChI=1S/C16H23N3O2S.HI/c1-22-16(6-2-7-16)11-18-15(17)19-12-4-5-13-14(10-12)21-9-3-8-20-13;/h4-5,10H,2-3,6-9,11H2,1H3,(H3,17,18,19);1H. The number of hydrogen-bond donors (Lipinski definition) is 2. The van der Waals surface area contributed by atoms with E-state index in [0.29, 0.717) is 23.9 Å². The van der Waals surface area contributed by atoms with Crippen LogP contribution in [0.3, 0.4) is 0 Å². The van der Waals surface area contributed by atoms with Crippen LogP contribution in [0.2, 0.25) is 0 Å². The van der Waals surface area contributed by atoms with E-state index in [1.807, 2.05) is 30.0 Å². The van der Waals surface area contributed by atoms with Gasteiger partial charge in [-0.2, -0.15) is 11.8 Å². The van der Waals surface area contributed by atoms with Crippen molar-refractivity contribution >= 4 is 47.4 Å². The summed E-state index contributed by atoms with van der Waals surface area (Å²) in [6.45, 7) is 2.15. The monoisotopic (exact) mass is 449 g/mol. The number of nitrogens with one attached hydrogen (secondary N) is 1. The van der Waals surface area contributed by atoms with Gasteiger partial charge in [0.1, 0.15) is 0 Å². The van der Waals surface area contributed by atoms with Crippen LogP contribution in [0.25, 0.3) is 0 Å². The maximum absolute atomic E-state index is 6.01. The lowest BCUT2D eigenvalue weighted by Gasteiger charge is -2.39. The Morgan fingerprint density at radius 2 is 2.00 bits per heavy atom. The number of guanidine groups is 1. The molecule has 1 aliphatic heterocycles. The van der Waals surface area contributed by atoms with Crippen LogP contribution in [0.5, 0.6) is 11.5 Å². The zero-order valence-electron chi connectivity index (χ0n) is 13.3. The van der Waals surface area contributed by atoms with Crippen LogP contribution in [0.1, 0.15) is 25.7 Å². The van der Waals surface area contributed by atoms with E-state index in [-0.39, 0.29) is 24.0 Å². The molecule has 1 aromatic rings. The van der Waals surface area contributed by atoms with Gasteiger partial charge in [0, 0.05) is 22.9 Å². The van der Waals surface area contributed by atoms with Gasteiger partial charge < -0.3 is 20.5 Å². The van der Waals surface area contributed by atoms with Gasteiger partial charge in [0.2, 0.25) is 0 Å². The van der Waals surface area contributed by atoms with E-state index in [0.717, 1.165) is 30.2 Å². The van der Waals surface area contributed by atoms with Gasteiger partial charge in [0.15, 0.2) is 17.5 Å². The molecule has 0 aromatic heterocycles. The van der Waals surface area contributed by atoms with Gasteiger partial charge in [0.05, 0.1) is 19.8 Å². The first kappa shape index (κ1) is 18.5. The molecule has 3 rings (SSSR count). The molecule has 1 heterocycles. The summed E-state index contributed by atoms with van der Waals surface area (Å²) in [6.07, 6.45) is 6.82. The zero-order valence-corrected chi connectivity index (χ0v) is 16.5. The molecule has 0 bridgehead atoms. The Morgan fingerprint density at radius 3 is 2.65 bits per heavy atom. The Morgan fingerprint density at radius 1 is 1.26 bits per heavy atom. The molecule has 5 nitrogen and oxygen atoms in total. The minimum atomic E-state index is 0. The van der Waals surface area contributed by atoms with E-state index >= 15 is 0 Å². The topological polar surface area (TPSA) is 68.9 Å². The van der Waals surface area contributed by atoms with Gasteiger partial charge in [0.25, 0.3) is 0 Å². The first-order valence-electron chi connectivity index (χ1n) is 7.73. The van der Waals surface area contributed by atoms with Gasteiger partial charge in [-0.25, -0.2) is 0 Å². The van der Waals surface area contributed by atoms with Crippen LogP contribution in [0, 0.1) is 0 Å². The Kier molecular flexibility index (Phi) is 6.70. The predicted molar refractivity (Wildman–Crippen MR) is 108 cm³/mol. The van der Waals surface area contributed by atoms with Crippen molar-refractivity contribution in [1.82, 2.24) is 0 Å². The zero-order chi connectivity index (χ0) is 15.4. The van der Waals surface area contributed by atoms with Crippen molar-refractivity contribution in [2.24, 2.45) is 10.7 Å². The van der Waals surface area contributed by atoms with Crippen LogP contribution in [0.4, 0.5) is 5.69 Å². The smallest absolute Gasteiger partial charge is 0.193 e. The van der Waals surface area contributed by atoms with E-state index in [9.17, 15) is 0 Å². The summed E-state index contributed by atoms with van der Waals surface area (Å²) in [5.41, 5.74) is 6.88. The predicted octanol–water partition coefficient (Wildman–Crippen LogP) is 3.48. The largest absolute Gasteiger partial charge is 0.490 e. The van der Waals surface area contributed by atoms with E-state index in [4.69, 9.17) is 15.2 Å². The molecule has 2 aliphatic rings. The molecule has 23 heavy (non-hydrogen) atoms. The Hall–Kier alpha value is -0.830. The summed E-state index contributed by atoms with van der Waals surface area (Å²) in [6, 6.07) is 5.76. The number of nitrogens with two attached hydrogens (primary N) is 1. The van der Waals surface area contributed by atoms with Crippen molar-refractivity contribution in [2.75, 3.05) is 31.3 Å². The highest BCUT2D eigenvalue weighted by Crippen LogP contribution is 2.42. The minimum Gasteiger partial charge on any atom is -0.490 e. The summed E-state index contributed by atoms with van der Waals surface area (Å²) in [7, 11) is 0. The number of rotatable bonds is 4. The van der Waals surface area contributed by atoms with Crippen molar-refractivity contribution in [3.05, 3.63) is 18.2 Å². The Labute approximate surface area is 158 Å². The summed E-state index contributed by atoms with van der Waals surface area (Å²) >= 11 is 1.90. The quantitative estimate of drug-likeness (QED) is 0.419. The van der Waals surface area contributed by atoms with E-state index < -0.39 is 0 Å². The average Bonchev–Trinajstić information content (AvgIpc) is 2.71. The highest BCUT2D eigenvalue weighted by Gasteiger charge is 2.35. The van der Waals surface area contributed by atoms with Crippen LogP contribution >= 0.6 is 35.7 Å². The number of hydrogen-bond acceptors (Lipinski definition) is 4. The third-order valence-corrected chi connectivity index (χ3v) is 5.66. The van der Waals surface area contributed by atoms with Crippen molar-refractivity contribution in [1.29, 1.82) is 0 Å². The second-order valence-electron chi connectivity index (χ2n) is 5.78. The normalized spacial score (nSPS) is 19.1. The molecular formula is C16H24IN3O2S. The fourth-order valence-corrected chi connectivity index (χ4v) is 3.55. The fourth-order valence-electron chi connectivity index (χ4n) is 2.66. The molecule has 1 saturated carbocycles. The number of benzene rings is 1. The van der Waals surface area contributed by atoms with Crippen molar-refractivity contribution < 1.29 is 9.47 Å². The van der Waals surface area contributed by atoms with Gasteiger partial charge >= 0.3 is 0 Å². The van der Waals surface area contributed by atoms with Crippen LogP contribution < -0.4 is 20.5 Å². The van der Waals surface area contributed by atoms with Gasteiger partial charge in [-0.05, 0) is 31.2 Å². The minimum absolute atomic E-state index is 0. The molecule has 7 heteroatoms. The van der Waals surface area contributed by atoms with Crippen LogP contribution in [0.15, 0.2) is 23.2 Å². The number of halogens is 1. The lowest BCUT2D eigenvalue weighted by atomic mass is 9.84. The average molecular weight is 449 g/mol. The maximum Gasteiger partial charge on any atom is 0.193 e. The number of aliphatic imine (C=N–C) groups is 1. The number of ether oxygens (including phenoxy) is 2. The molecule has 3 N–H and O–H groups in total. The van der Waals surface area contributed by atoms with Gasteiger partial charge in [-0.15, -0.1) is 24.0 Å². The Balaban J connectivity index is 0.00000192. The lowest BCUT2D eigenvalue weighted by Crippen LogP contribution is -2.37. The van der Waals surface area contributed by atoms with Crippen LogP contribution in [-0.4, -0.2) is 36.7 Å². The third kappa shape index (κ3) is 4.59. The second-order valence-corrected chi connectivity index (χ2v) is 7.05. The van der Waals surface area contributed by atoms with Gasteiger partial charge in [-0.3, -0.25) is 4.99 Å². The first-order chi connectivity index (χ1) is 10.7. The molecule has 1 aliphatic carbocycles. The Bertz CT molecular complexity index is 559. The van der Waals surface area contributed by atoms with Crippen molar-refractivity contribution in [2.45, 2.75) is 30.4 Å². The summed E-state index contributed by atoms with van der Waals surface area (Å²) in [5, 5.41) is 3.14. The van der Waals surface area contributed by atoms with Gasteiger partial charge in [-0.1, -0.05) is 6.42 Å². The molecule has 0 unspecified atom stereocenters. The number of fused-ring (bicyclic) bond motifs is 1.